The molecular weight excluding hydrogens is 273 g/mol. The van der Waals surface area contributed by atoms with E-state index in [-0.39, 0.29) is 0 Å². The standard InChI is InChI=1S/C13H13F3N2S/c14-13(15,16)10-3-1-2-9(6-10)7-12-18-11(4-5-17)8-19-12/h1-3,6,8H,4-5,7,17H2. The van der Waals surface area contributed by atoms with Crippen molar-refractivity contribution in [3.05, 3.63) is 51.5 Å². The Morgan fingerprint density at radius 2 is 2.05 bits per heavy atom. The smallest absolute Gasteiger partial charge is 0.330 e. The van der Waals surface area contributed by atoms with E-state index in [1.165, 1.54) is 23.5 Å². The minimum Gasteiger partial charge on any atom is -0.330 e. The van der Waals surface area contributed by atoms with Gasteiger partial charge < -0.3 is 5.73 Å². The number of nitrogens with zero attached hydrogens (tertiary/aromatic N) is 1. The predicted molar refractivity (Wildman–Crippen MR) is 69.1 cm³/mol. The zero-order valence-electron chi connectivity index (χ0n) is 10.1. The third kappa shape index (κ3) is 3.78. The molecule has 102 valence electrons. The SMILES string of the molecule is NCCc1csc(Cc2cccc(C(F)(F)F)c2)n1. The fourth-order valence-corrected chi connectivity index (χ4v) is 2.59. The van der Waals surface area contributed by atoms with Crippen LogP contribution in [0.5, 0.6) is 0 Å². The summed E-state index contributed by atoms with van der Waals surface area (Å²) >= 11 is 1.45. The summed E-state index contributed by atoms with van der Waals surface area (Å²) in [5, 5.41) is 2.71. The third-order valence-corrected chi connectivity index (χ3v) is 3.51. The number of alkyl halides is 3. The molecule has 2 rings (SSSR count). The zero-order chi connectivity index (χ0) is 13.9. The van der Waals surface area contributed by atoms with Gasteiger partial charge in [-0.15, -0.1) is 11.3 Å². The minimum atomic E-state index is -4.30. The first-order valence-electron chi connectivity index (χ1n) is 5.78. The average molecular weight is 286 g/mol. The molecular formula is C13H13F3N2S. The van der Waals surface area contributed by atoms with E-state index in [9.17, 15) is 13.2 Å². The van der Waals surface area contributed by atoms with Crippen LogP contribution in [0.1, 0.15) is 21.8 Å². The number of benzene rings is 1. The molecule has 1 aromatic heterocycles. The average Bonchev–Trinajstić information content (AvgIpc) is 2.76. The topological polar surface area (TPSA) is 38.9 Å². The fourth-order valence-electron chi connectivity index (χ4n) is 1.73. The Labute approximate surface area is 113 Å². The Bertz CT molecular complexity index is 549. The van der Waals surface area contributed by atoms with Gasteiger partial charge in [-0.05, 0) is 18.2 Å². The van der Waals surface area contributed by atoms with Gasteiger partial charge in [-0.1, -0.05) is 18.2 Å². The minimum absolute atomic E-state index is 0.416. The Kier molecular flexibility index (Phi) is 4.21. The van der Waals surface area contributed by atoms with Crippen LogP contribution in [-0.2, 0) is 19.0 Å². The van der Waals surface area contributed by atoms with Crippen molar-refractivity contribution in [2.75, 3.05) is 6.54 Å². The summed E-state index contributed by atoms with van der Waals surface area (Å²) in [4.78, 5) is 4.34. The highest BCUT2D eigenvalue weighted by Gasteiger charge is 2.30. The van der Waals surface area contributed by atoms with Gasteiger partial charge >= 0.3 is 6.18 Å². The zero-order valence-corrected chi connectivity index (χ0v) is 10.9. The third-order valence-electron chi connectivity index (χ3n) is 2.61. The monoisotopic (exact) mass is 286 g/mol. The Morgan fingerprint density at radius 3 is 2.74 bits per heavy atom. The molecule has 0 amide bonds. The van der Waals surface area contributed by atoms with Gasteiger partial charge in [0.2, 0.25) is 0 Å². The lowest BCUT2D eigenvalue weighted by molar-refractivity contribution is -0.137. The van der Waals surface area contributed by atoms with Crippen molar-refractivity contribution in [1.29, 1.82) is 0 Å². The number of thiazole rings is 1. The summed E-state index contributed by atoms with van der Waals surface area (Å²) in [6.45, 7) is 0.521. The van der Waals surface area contributed by atoms with Gasteiger partial charge in [-0.3, -0.25) is 0 Å². The number of aromatic nitrogens is 1. The van der Waals surface area contributed by atoms with Crippen LogP contribution in [0, 0.1) is 0 Å². The van der Waals surface area contributed by atoms with Crippen LogP contribution in [0.4, 0.5) is 13.2 Å². The Balaban J connectivity index is 2.14. The second-order valence-electron chi connectivity index (χ2n) is 4.15. The van der Waals surface area contributed by atoms with Crippen molar-refractivity contribution >= 4 is 11.3 Å². The van der Waals surface area contributed by atoms with Crippen LogP contribution in [0.25, 0.3) is 0 Å². The van der Waals surface area contributed by atoms with Gasteiger partial charge in [0.05, 0.1) is 16.3 Å². The molecule has 0 bridgehead atoms. The molecule has 0 unspecified atom stereocenters. The quantitative estimate of drug-likeness (QED) is 0.937. The molecule has 0 saturated heterocycles. The highest BCUT2D eigenvalue weighted by atomic mass is 32.1. The molecule has 1 heterocycles. The van der Waals surface area contributed by atoms with Crippen LogP contribution in [0.15, 0.2) is 29.6 Å². The van der Waals surface area contributed by atoms with Crippen LogP contribution in [0.3, 0.4) is 0 Å². The van der Waals surface area contributed by atoms with E-state index in [4.69, 9.17) is 5.73 Å². The summed E-state index contributed by atoms with van der Waals surface area (Å²) < 4.78 is 37.8. The lowest BCUT2D eigenvalue weighted by Crippen LogP contribution is -2.05. The maximum absolute atomic E-state index is 12.6. The molecule has 0 aliphatic carbocycles. The summed E-state index contributed by atoms with van der Waals surface area (Å²) in [7, 11) is 0. The van der Waals surface area contributed by atoms with Crippen LogP contribution >= 0.6 is 11.3 Å². The van der Waals surface area contributed by atoms with Crippen LogP contribution in [-0.4, -0.2) is 11.5 Å². The number of nitrogens with two attached hydrogens (primary N) is 1. The molecule has 2 aromatic rings. The number of halogens is 3. The predicted octanol–water partition coefficient (Wildman–Crippen LogP) is 3.25. The van der Waals surface area contributed by atoms with Crippen molar-refractivity contribution < 1.29 is 13.2 Å². The van der Waals surface area contributed by atoms with Crippen molar-refractivity contribution in [3.8, 4) is 0 Å². The summed E-state index contributed by atoms with van der Waals surface area (Å²) in [5.41, 5.74) is 6.32. The molecule has 0 saturated carbocycles. The van der Waals surface area contributed by atoms with Gasteiger partial charge in [-0.2, -0.15) is 13.2 Å². The van der Waals surface area contributed by atoms with Crippen molar-refractivity contribution in [3.63, 3.8) is 0 Å². The molecule has 0 radical (unpaired) electrons. The van der Waals surface area contributed by atoms with Gasteiger partial charge in [-0.25, -0.2) is 4.98 Å². The summed E-state index contributed by atoms with van der Waals surface area (Å²) in [6, 6.07) is 5.35. The molecule has 6 heteroatoms. The van der Waals surface area contributed by atoms with E-state index in [2.05, 4.69) is 4.98 Å². The molecule has 2 N–H and O–H groups in total. The van der Waals surface area contributed by atoms with Crippen LogP contribution < -0.4 is 5.73 Å². The summed E-state index contributed by atoms with van der Waals surface area (Å²) in [6.07, 6.45) is -3.19. The highest BCUT2D eigenvalue weighted by Crippen LogP contribution is 2.30. The number of rotatable bonds is 4. The second-order valence-corrected chi connectivity index (χ2v) is 5.09. The molecule has 0 aliphatic heterocycles. The van der Waals surface area contributed by atoms with Gasteiger partial charge in [0.15, 0.2) is 0 Å². The molecule has 0 fully saturated rings. The van der Waals surface area contributed by atoms with E-state index in [1.807, 2.05) is 5.38 Å². The lowest BCUT2D eigenvalue weighted by atomic mass is 10.1. The molecule has 1 aromatic carbocycles. The number of hydrogen-bond donors (Lipinski definition) is 1. The fraction of sp³-hybridized carbons (Fsp3) is 0.308. The lowest BCUT2D eigenvalue weighted by Gasteiger charge is -2.07. The second kappa shape index (κ2) is 5.71. The first-order valence-corrected chi connectivity index (χ1v) is 6.66. The maximum Gasteiger partial charge on any atom is 0.416 e. The van der Waals surface area contributed by atoms with Crippen LogP contribution in [0.2, 0.25) is 0 Å². The first-order chi connectivity index (χ1) is 8.99. The highest BCUT2D eigenvalue weighted by molar-refractivity contribution is 7.09. The Hall–Kier alpha value is -1.40. The van der Waals surface area contributed by atoms with Crippen molar-refractivity contribution in [2.45, 2.75) is 19.0 Å². The van der Waals surface area contributed by atoms with Crippen molar-refractivity contribution in [2.24, 2.45) is 5.73 Å². The molecule has 2 nitrogen and oxygen atoms in total. The number of hydrogen-bond acceptors (Lipinski definition) is 3. The van der Waals surface area contributed by atoms with E-state index < -0.39 is 11.7 Å². The molecule has 19 heavy (non-hydrogen) atoms. The van der Waals surface area contributed by atoms with E-state index >= 15 is 0 Å². The molecule has 0 spiro atoms. The largest absolute Gasteiger partial charge is 0.416 e. The first kappa shape index (κ1) is 14.0. The Morgan fingerprint density at radius 1 is 1.26 bits per heavy atom. The molecule has 0 atom stereocenters. The summed E-state index contributed by atoms with van der Waals surface area (Å²) in [5.74, 6) is 0. The molecule has 0 aliphatic rings. The normalized spacial score (nSPS) is 11.8. The van der Waals surface area contributed by atoms with Gasteiger partial charge in [0.25, 0.3) is 0 Å². The van der Waals surface area contributed by atoms with Gasteiger partial charge in [0, 0.05) is 18.2 Å². The van der Waals surface area contributed by atoms with Crippen molar-refractivity contribution in [1.82, 2.24) is 4.98 Å². The maximum atomic E-state index is 12.6. The van der Waals surface area contributed by atoms with E-state index in [1.54, 1.807) is 6.07 Å². The van der Waals surface area contributed by atoms with E-state index in [0.29, 0.717) is 24.9 Å². The van der Waals surface area contributed by atoms with Gasteiger partial charge in [0.1, 0.15) is 0 Å². The van der Waals surface area contributed by atoms with E-state index in [0.717, 1.165) is 16.8 Å².